The number of hydrogen-bond donors (Lipinski definition) is 1. The average Bonchev–Trinajstić information content (AvgIpc) is 2.95. The van der Waals surface area contributed by atoms with Crippen LogP contribution in [-0.4, -0.2) is 15.5 Å². The molecule has 0 bridgehead atoms. The number of aromatic nitrogens is 2. The van der Waals surface area contributed by atoms with Gasteiger partial charge in [-0.2, -0.15) is 0 Å². The lowest BCUT2D eigenvalue weighted by atomic mass is 9.98. The van der Waals surface area contributed by atoms with Crippen LogP contribution in [-0.2, 0) is 4.79 Å². The molecule has 1 atom stereocenters. The maximum atomic E-state index is 12.0. The Morgan fingerprint density at radius 2 is 1.67 bits per heavy atom. The van der Waals surface area contributed by atoms with E-state index in [0.29, 0.717) is 0 Å². The monoisotopic (exact) mass is 359 g/mol. The molecular weight excluding hydrogens is 338 g/mol. The van der Waals surface area contributed by atoms with E-state index in [1.54, 1.807) is 16.8 Å². The van der Waals surface area contributed by atoms with Gasteiger partial charge in [-0.05, 0) is 55.7 Å². The van der Waals surface area contributed by atoms with Crippen molar-refractivity contribution >= 4 is 11.6 Å². The first kappa shape index (κ1) is 17.2. The highest BCUT2D eigenvalue weighted by atomic mass is 16.2. The summed E-state index contributed by atoms with van der Waals surface area (Å²) in [6.07, 6.45) is 5.48. The Morgan fingerprint density at radius 3 is 2.41 bits per heavy atom. The fourth-order valence-corrected chi connectivity index (χ4v) is 3.44. The molecule has 0 saturated carbocycles. The topological polar surface area (TPSA) is 64.0 Å². The molecule has 0 spiro atoms. The van der Waals surface area contributed by atoms with E-state index in [-0.39, 0.29) is 23.4 Å². The Balaban J connectivity index is 1.74. The van der Waals surface area contributed by atoms with Gasteiger partial charge >= 0.3 is 0 Å². The number of amides is 1. The van der Waals surface area contributed by atoms with Gasteiger partial charge in [0, 0.05) is 47.5 Å². The van der Waals surface area contributed by atoms with E-state index < -0.39 is 0 Å². The van der Waals surface area contributed by atoms with Crippen LogP contribution in [0.15, 0.2) is 59.8 Å². The van der Waals surface area contributed by atoms with E-state index in [4.69, 9.17) is 0 Å². The normalized spacial score (nSPS) is 15.7. The second-order valence-corrected chi connectivity index (χ2v) is 7.23. The van der Waals surface area contributed by atoms with Crippen molar-refractivity contribution in [3.05, 3.63) is 70.9 Å². The minimum absolute atomic E-state index is 0.0126. The second-order valence-electron chi connectivity index (χ2n) is 7.23. The minimum Gasteiger partial charge on any atom is -0.325 e. The molecule has 1 aliphatic rings. The number of fused-ring (bicyclic) bond motifs is 1. The molecule has 3 heterocycles. The summed E-state index contributed by atoms with van der Waals surface area (Å²) in [6.45, 7) is 5.88. The lowest BCUT2D eigenvalue weighted by Gasteiger charge is -2.12. The lowest BCUT2D eigenvalue weighted by Crippen LogP contribution is -2.20. The Morgan fingerprint density at radius 1 is 0.963 bits per heavy atom. The van der Waals surface area contributed by atoms with Gasteiger partial charge in [-0.15, -0.1) is 0 Å². The molecule has 0 aliphatic carbocycles. The number of nitrogens with zero attached hydrogens (tertiary/aromatic N) is 2. The molecule has 1 unspecified atom stereocenters. The zero-order valence-corrected chi connectivity index (χ0v) is 15.6. The highest BCUT2D eigenvalue weighted by Gasteiger charge is 2.26. The zero-order valence-electron chi connectivity index (χ0n) is 15.6. The highest BCUT2D eigenvalue weighted by Crippen LogP contribution is 2.35. The van der Waals surface area contributed by atoms with Gasteiger partial charge in [-0.3, -0.25) is 14.6 Å². The Kier molecular flexibility index (Phi) is 4.15. The summed E-state index contributed by atoms with van der Waals surface area (Å²) in [5.74, 6) is -0.0828. The van der Waals surface area contributed by atoms with Crippen molar-refractivity contribution in [2.24, 2.45) is 0 Å². The summed E-state index contributed by atoms with van der Waals surface area (Å²) in [4.78, 5) is 28.3. The number of nitrogens with one attached hydrogen (secondary N) is 1. The summed E-state index contributed by atoms with van der Waals surface area (Å²) in [5, 5.41) is 2.93. The van der Waals surface area contributed by atoms with Gasteiger partial charge in [-0.1, -0.05) is 12.1 Å². The molecule has 0 radical (unpaired) electrons. The minimum atomic E-state index is -0.115. The number of hydrogen-bond acceptors (Lipinski definition) is 3. The molecule has 3 aromatic rings. The van der Waals surface area contributed by atoms with Gasteiger partial charge in [0.25, 0.3) is 5.56 Å². The Labute approximate surface area is 157 Å². The van der Waals surface area contributed by atoms with Crippen LogP contribution in [0.4, 0.5) is 5.69 Å². The average molecular weight is 359 g/mol. The smallest absolute Gasteiger partial charge is 0.250 e. The van der Waals surface area contributed by atoms with E-state index in [1.807, 2.05) is 57.4 Å². The van der Waals surface area contributed by atoms with Gasteiger partial charge in [0.05, 0.1) is 5.92 Å². The van der Waals surface area contributed by atoms with E-state index >= 15 is 0 Å². The number of carbonyl (C=O) groups is 1. The van der Waals surface area contributed by atoms with Crippen LogP contribution < -0.4 is 10.9 Å². The van der Waals surface area contributed by atoms with Gasteiger partial charge in [0.15, 0.2) is 0 Å². The molecular formula is C22H21N3O2. The maximum absolute atomic E-state index is 12.0. The summed E-state index contributed by atoms with van der Waals surface area (Å²) in [6, 6.07) is 11.6. The van der Waals surface area contributed by atoms with Crippen molar-refractivity contribution in [1.82, 2.24) is 9.55 Å². The number of anilines is 1. The quantitative estimate of drug-likeness (QED) is 0.762. The third kappa shape index (κ3) is 3.05. The molecule has 5 nitrogen and oxygen atoms in total. The molecule has 4 rings (SSSR count). The lowest BCUT2D eigenvalue weighted by molar-refractivity contribution is -0.116. The van der Waals surface area contributed by atoms with Gasteiger partial charge in [0.1, 0.15) is 0 Å². The maximum Gasteiger partial charge on any atom is 0.250 e. The van der Waals surface area contributed by atoms with Crippen molar-refractivity contribution in [3.8, 4) is 22.3 Å². The van der Waals surface area contributed by atoms with E-state index in [9.17, 15) is 9.59 Å². The molecule has 5 heteroatoms. The third-order valence-corrected chi connectivity index (χ3v) is 5.07. The summed E-state index contributed by atoms with van der Waals surface area (Å²) in [7, 11) is 0. The molecule has 1 amide bonds. The first-order valence-electron chi connectivity index (χ1n) is 9.07. The molecule has 0 saturated heterocycles. The van der Waals surface area contributed by atoms with Crippen LogP contribution in [0, 0.1) is 0 Å². The second kappa shape index (κ2) is 6.50. The van der Waals surface area contributed by atoms with Crippen molar-refractivity contribution in [1.29, 1.82) is 0 Å². The van der Waals surface area contributed by atoms with Crippen LogP contribution in [0.3, 0.4) is 0 Å². The predicted molar refractivity (Wildman–Crippen MR) is 107 cm³/mol. The predicted octanol–water partition coefficient (Wildman–Crippen LogP) is 4.21. The van der Waals surface area contributed by atoms with Crippen LogP contribution in [0.1, 0.15) is 38.3 Å². The molecule has 2 aromatic heterocycles. The largest absolute Gasteiger partial charge is 0.325 e. The van der Waals surface area contributed by atoms with Crippen molar-refractivity contribution in [2.75, 3.05) is 5.32 Å². The molecule has 1 aromatic carbocycles. The first-order chi connectivity index (χ1) is 12.9. The van der Waals surface area contributed by atoms with Gasteiger partial charge in [-0.25, -0.2) is 0 Å². The van der Waals surface area contributed by atoms with E-state index in [0.717, 1.165) is 33.5 Å². The highest BCUT2D eigenvalue weighted by molar-refractivity contribution is 6.03. The third-order valence-electron chi connectivity index (χ3n) is 5.07. The van der Waals surface area contributed by atoms with Crippen molar-refractivity contribution in [2.45, 2.75) is 32.7 Å². The zero-order chi connectivity index (χ0) is 19.1. The number of rotatable bonds is 3. The fourth-order valence-electron chi connectivity index (χ4n) is 3.44. The summed E-state index contributed by atoms with van der Waals surface area (Å²) >= 11 is 0. The standard InChI is InChI=1S/C22H21N3O2/c1-13(2)25-12-16(5-7-21(25)26)18-8-17(10-23-11-18)15-4-6-19-14(3)22(27)24-20(19)9-15/h4-14H,1-3H3,(H,24,27). The number of carbonyl (C=O) groups excluding carboxylic acids is 1. The summed E-state index contributed by atoms with van der Waals surface area (Å²) < 4.78 is 1.72. The number of pyridine rings is 2. The SMILES string of the molecule is CC1C(=O)Nc2cc(-c3cncc(-c4ccc(=O)n(C(C)C)c4)c3)ccc21. The molecule has 1 N–H and O–H groups in total. The van der Waals surface area contributed by atoms with Gasteiger partial charge < -0.3 is 9.88 Å². The first-order valence-corrected chi connectivity index (χ1v) is 9.07. The van der Waals surface area contributed by atoms with Crippen molar-refractivity contribution in [3.63, 3.8) is 0 Å². The van der Waals surface area contributed by atoms with Crippen LogP contribution in [0.5, 0.6) is 0 Å². The molecule has 136 valence electrons. The van der Waals surface area contributed by atoms with Crippen LogP contribution in [0.25, 0.3) is 22.3 Å². The van der Waals surface area contributed by atoms with E-state index in [1.165, 1.54) is 0 Å². The van der Waals surface area contributed by atoms with Gasteiger partial charge in [0.2, 0.25) is 5.91 Å². The van der Waals surface area contributed by atoms with E-state index in [2.05, 4.69) is 16.4 Å². The number of benzene rings is 1. The molecule has 0 fully saturated rings. The summed E-state index contributed by atoms with van der Waals surface area (Å²) in [5.41, 5.74) is 5.73. The molecule has 27 heavy (non-hydrogen) atoms. The Hall–Kier alpha value is -3.21. The van der Waals surface area contributed by atoms with Crippen LogP contribution in [0.2, 0.25) is 0 Å². The molecule has 1 aliphatic heterocycles. The van der Waals surface area contributed by atoms with Crippen molar-refractivity contribution < 1.29 is 4.79 Å². The fraction of sp³-hybridized carbons (Fsp3) is 0.227. The van der Waals surface area contributed by atoms with Crippen LogP contribution >= 0.6 is 0 Å². The Bertz CT molecular complexity index is 1100.